The Morgan fingerprint density at radius 2 is 2.25 bits per heavy atom. The molecule has 6 heteroatoms. The van der Waals surface area contributed by atoms with Crippen LogP contribution in [0.1, 0.15) is 12.5 Å². The summed E-state index contributed by atoms with van der Waals surface area (Å²) in [5, 5.41) is 3.09. The van der Waals surface area contributed by atoms with Crippen molar-refractivity contribution in [2.75, 3.05) is 26.2 Å². The van der Waals surface area contributed by atoms with E-state index in [2.05, 4.69) is 5.32 Å². The van der Waals surface area contributed by atoms with Crippen LogP contribution >= 0.6 is 0 Å². The molecule has 1 aliphatic heterocycles. The zero-order valence-corrected chi connectivity index (χ0v) is 11.4. The molecule has 0 radical (unpaired) electrons. The van der Waals surface area contributed by atoms with E-state index in [4.69, 9.17) is 4.74 Å². The van der Waals surface area contributed by atoms with Crippen molar-refractivity contribution in [1.29, 1.82) is 0 Å². The lowest BCUT2D eigenvalue weighted by Crippen LogP contribution is -2.49. The number of rotatable bonds is 4. The van der Waals surface area contributed by atoms with Gasteiger partial charge in [0.2, 0.25) is 0 Å². The largest absolute Gasteiger partial charge is 0.366 e. The SMILES string of the molecule is CCN(Cc1ccc(F)c(F)c1)C(=O)C1CNCCO1. The molecule has 1 heterocycles. The van der Waals surface area contributed by atoms with E-state index in [1.54, 1.807) is 4.90 Å². The van der Waals surface area contributed by atoms with Crippen molar-refractivity contribution >= 4 is 5.91 Å². The molecule has 1 saturated heterocycles. The van der Waals surface area contributed by atoms with Gasteiger partial charge < -0.3 is 15.0 Å². The highest BCUT2D eigenvalue weighted by Crippen LogP contribution is 2.12. The van der Waals surface area contributed by atoms with Crippen LogP contribution in [0.3, 0.4) is 0 Å². The molecular formula is C14H18F2N2O2. The highest BCUT2D eigenvalue weighted by Gasteiger charge is 2.26. The lowest BCUT2D eigenvalue weighted by molar-refractivity contribution is -0.145. The van der Waals surface area contributed by atoms with E-state index in [1.807, 2.05) is 6.92 Å². The molecule has 0 saturated carbocycles. The number of morpholine rings is 1. The number of benzene rings is 1. The van der Waals surface area contributed by atoms with E-state index in [1.165, 1.54) is 6.07 Å². The van der Waals surface area contributed by atoms with E-state index >= 15 is 0 Å². The number of amides is 1. The van der Waals surface area contributed by atoms with Crippen LogP contribution in [0.2, 0.25) is 0 Å². The number of nitrogens with one attached hydrogen (secondary N) is 1. The second-order valence-electron chi connectivity index (χ2n) is 4.66. The van der Waals surface area contributed by atoms with Gasteiger partial charge in [-0.1, -0.05) is 6.07 Å². The molecule has 1 aromatic carbocycles. The fourth-order valence-electron chi connectivity index (χ4n) is 2.13. The van der Waals surface area contributed by atoms with E-state index in [9.17, 15) is 13.6 Å². The molecule has 0 bridgehead atoms. The molecule has 1 aliphatic rings. The Balaban J connectivity index is 2.03. The third-order valence-electron chi connectivity index (χ3n) is 3.25. The minimum Gasteiger partial charge on any atom is -0.366 e. The molecule has 0 spiro atoms. The molecule has 1 aromatic rings. The quantitative estimate of drug-likeness (QED) is 0.906. The van der Waals surface area contributed by atoms with Gasteiger partial charge in [0.05, 0.1) is 6.61 Å². The Kier molecular flexibility index (Phi) is 5.03. The molecule has 4 nitrogen and oxygen atoms in total. The van der Waals surface area contributed by atoms with Crippen LogP contribution in [-0.2, 0) is 16.1 Å². The van der Waals surface area contributed by atoms with Crippen molar-refractivity contribution in [2.45, 2.75) is 19.6 Å². The molecule has 1 amide bonds. The summed E-state index contributed by atoms with van der Waals surface area (Å²) in [6, 6.07) is 3.67. The molecule has 1 atom stereocenters. The van der Waals surface area contributed by atoms with Crippen molar-refractivity contribution in [3.05, 3.63) is 35.4 Å². The molecule has 1 unspecified atom stereocenters. The number of ether oxygens (including phenoxy) is 1. The van der Waals surface area contributed by atoms with Gasteiger partial charge in [0.1, 0.15) is 6.10 Å². The first-order valence-electron chi connectivity index (χ1n) is 6.67. The van der Waals surface area contributed by atoms with Crippen LogP contribution in [0.4, 0.5) is 8.78 Å². The van der Waals surface area contributed by atoms with Gasteiger partial charge in [0.25, 0.3) is 5.91 Å². The highest BCUT2D eigenvalue weighted by molar-refractivity contribution is 5.81. The third-order valence-corrected chi connectivity index (χ3v) is 3.25. The van der Waals surface area contributed by atoms with Crippen LogP contribution in [0.25, 0.3) is 0 Å². The van der Waals surface area contributed by atoms with Crippen molar-refractivity contribution in [1.82, 2.24) is 10.2 Å². The van der Waals surface area contributed by atoms with Gasteiger partial charge in [-0.15, -0.1) is 0 Å². The second-order valence-corrected chi connectivity index (χ2v) is 4.66. The number of halogens is 2. The van der Waals surface area contributed by atoms with Crippen LogP contribution in [0.15, 0.2) is 18.2 Å². The molecule has 0 aromatic heterocycles. The maximum absolute atomic E-state index is 13.2. The third kappa shape index (κ3) is 3.52. The van der Waals surface area contributed by atoms with E-state index in [0.717, 1.165) is 18.7 Å². The Morgan fingerprint density at radius 3 is 2.85 bits per heavy atom. The summed E-state index contributed by atoms with van der Waals surface area (Å²) in [7, 11) is 0. The van der Waals surface area contributed by atoms with Gasteiger partial charge in [-0.2, -0.15) is 0 Å². The summed E-state index contributed by atoms with van der Waals surface area (Å²) >= 11 is 0. The first-order valence-corrected chi connectivity index (χ1v) is 6.67. The maximum Gasteiger partial charge on any atom is 0.253 e. The predicted octanol–water partition coefficient (Wildman–Crippen LogP) is 1.30. The Morgan fingerprint density at radius 1 is 1.45 bits per heavy atom. The normalized spacial score (nSPS) is 18.9. The maximum atomic E-state index is 13.2. The molecule has 1 fully saturated rings. The minimum atomic E-state index is -0.901. The monoisotopic (exact) mass is 284 g/mol. The number of carbonyl (C=O) groups excluding carboxylic acids is 1. The summed E-state index contributed by atoms with van der Waals surface area (Å²) in [4.78, 5) is 13.9. The van der Waals surface area contributed by atoms with E-state index < -0.39 is 17.7 Å². The highest BCUT2D eigenvalue weighted by atomic mass is 19.2. The van der Waals surface area contributed by atoms with Gasteiger partial charge in [-0.3, -0.25) is 4.79 Å². The zero-order chi connectivity index (χ0) is 14.5. The van der Waals surface area contributed by atoms with Crippen LogP contribution in [0.5, 0.6) is 0 Å². The first-order chi connectivity index (χ1) is 9.61. The summed E-state index contributed by atoms with van der Waals surface area (Å²) in [5.74, 6) is -1.92. The summed E-state index contributed by atoms with van der Waals surface area (Å²) in [6.45, 7) is 4.28. The van der Waals surface area contributed by atoms with Gasteiger partial charge in [-0.25, -0.2) is 8.78 Å². The summed E-state index contributed by atoms with van der Waals surface area (Å²) in [6.07, 6.45) is -0.506. The first kappa shape index (κ1) is 14.9. The Hall–Kier alpha value is -1.53. The van der Waals surface area contributed by atoms with Gasteiger partial charge in [0.15, 0.2) is 11.6 Å². The number of nitrogens with zero attached hydrogens (tertiary/aromatic N) is 1. The topological polar surface area (TPSA) is 41.6 Å². The number of hydrogen-bond donors (Lipinski definition) is 1. The second kappa shape index (κ2) is 6.76. The van der Waals surface area contributed by atoms with Gasteiger partial charge >= 0.3 is 0 Å². The smallest absolute Gasteiger partial charge is 0.253 e. The van der Waals surface area contributed by atoms with Crippen molar-refractivity contribution in [3.63, 3.8) is 0 Å². The van der Waals surface area contributed by atoms with Crippen molar-refractivity contribution in [3.8, 4) is 0 Å². The van der Waals surface area contributed by atoms with Crippen molar-refractivity contribution < 1.29 is 18.3 Å². The lowest BCUT2D eigenvalue weighted by Gasteiger charge is -2.29. The Bertz CT molecular complexity index is 476. The molecule has 1 N–H and O–H groups in total. The average molecular weight is 284 g/mol. The predicted molar refractivity (Wildman–Crippen MR) is 70.1 cm³/mol. The van der Waals surface area contributed by atoms with E-state index in [0.29, 0.717) is 25.3 Å². The fourth-order valence-corrected chi connectivity index (χ4v) is 2.13. The standard InChI is InChI=1S/C14H18F2N2O2/c1-2-18(14(19)13-8-17-5-6-20-13)9-10-3-4-11(15)12(16)7-10/h3-4,7,13,17H,2,5-6,8-9H2,1H3. The van der Waals surface area contributed by atoms with Crippen molar-refractivity contribution in [2.24, 2.45) is 0 Å². The molecular weight excluding hydrogens is 266 g/mol. The molecule has 0 aliphatic carbocycles. The molecule has 110 valence electrons. The molecule has 20 heavy (non-hydrogen) atoms. The number of hydrogen-bond acceptors (Lipinski definition) is 3. The number of carbonyl (C=O) groups is 1. The van der Waals surface area contributed by atoms with Crippen LogP contribution in [0, 0.1) is 11.6 Å². The fraction of sp³-hybridized carbons (Fsp3) is 0.500. The van der Waals surface area contributed by atoms with Gasteiger partial charge in [0, 0.05) is 26.2 Å². The minimum absolute atomic E-state index is 0.135. The summed E-state index contributed by atoms with van der Waals surface area (Å²) < 4.78 is 31.5. The molecule has 2 rings (SSSR count). The summed E-state index contributed by atoms with van der Waals surface area (Å²) in [5.41, 5.74) is 0.558. The van der Waals surface area contributed by atoms with E-state index in [-0.39, 0.29) is 12.5 Å². The number of likely N-dealkylation sites (N-methyl/N-ethyl adjacent to an activating group) is 1. The average Bonchev–Trinajstić information content (AvgIpc) is 2.48. The Labute approximate surface area is 116 Å². The zero-order valence-electron chi connectivity index (χ0n) is 11.4. The van der Waals surface area contributed by atoms with Gasteiger partial charge in [-0.05, 0) is 24.6 Å². The lowest BCUT2D eigenvalue weighted by atomic mass is 10.2. The van der Waals surface area contributed by atoms with Crippen LogP contribution < -0.4 is 5.32 Å². The van der Waals surface area contributed by atoms with Crippen LogP contribution in [-0.4, -0.2) is 43.2 Å².